The molecule has 1 fully saturated rings. The molecule has 0 atom stereocenters. The molecule has 0 saturated carbocycles. The molecule has 5 rings (SSSR count). The SMILES string of the molecule is Cc1cc(-c2cc(C(C)C)c3nc(C(=O)N4CCN(C(=O)c5ccn[nH]5)CC4(C)C)cn3n2)ccc1F. The van der Waals surface area contributed by atoms with Gasteiger partial charge in [0.2, 0.25) is 0 Å². The van der Waals surface area contributed by atoms with Gasteiger partial charge in [-0.1, -0.05) is 13.8 Å². The molecule has 1 aliphatic heterocycles. The van der Waals surface area contributed by atoms with Gasteiger partial charge in [-0.25, -0.2) is 13.9 Å². The Hall–Kier alpha value is -4.08. The molecule has 1 aliphatic rings. The molecule has 0 radical (unpaired) electrons. The molecule has 0 bridgehead atoms. The monoisotopic (exact) mass is 503 g/mol. The summed E-state index contributed by atoms with van der Waals surface area (Å²) in [6, 6.07) is 8.51. The summed E-state index contributed by atoms with van der Waals surface area (Å²) in [6.45, 7) is 10.9. The van der Waals surface area contributed by atoms with Crippen LogP contribution in [0.15, 0.2) is 42.7 Å². The van der Waals surface area contributed by atoms with Gasteiger partial charge in [0.15, 0.2) is 5.65 Å². The average molecular weight is 504 g/mol. The lowest BCUT2D eigenvalue weighted by Crippen LogP contribution is -2.62. The number of nitrogens with one attached hydrogen (secondary N) is 1. The Bertz CT molecular complexity index is 1490. The van der Waals surface area contributed by atoms with Crippen molar-refractivity contribution in [2.24, 2.45) is 0 Å². The van der Waals surface area contributed by atoms with E-state index in [4.69, 9.17) is 10.1 Å². The molecule has 2 amide bonds. The van der Waals surface area contributed by atoms with Gasteiger partial charge in [-0.15, -0.1) is 0 Å². The number of aryl methyl sites for hydroxylation is 1. The number of benzene rings is 1. The van der Waals surface area contributed by atoms with E-state index in [-0.39, 0.29) is 23.5 Å². The molecule has 4 aromatic rings. The predicted octanol–water partition coefficient (Wildman–Crippen LogP) is 4.07. The van der Waals surface area contributed by atoms with Crippen LogP contribution in [0, 0.1) is 12.7 Å². The van der Waals surface area contributed by atoms with E-state index in [1.54, 1.807) is 51.8 Å². The Morgan fingerprint density at radius 3 is 2.54 bits per heavy atom. The number of aromatic nitrogens is 5. The summed E-state index contributed by atoms with van der Waals surface area (Å²) in [4.78, 5) is 34.7. The van der Waals surface area contributed by atoms with Gasteiger partial charge in [-0.05, 0) is 62.6 Å². The maximum absolute atomic E-state index is 13.8. The van der Waals surface area contributed by atoms with E-state index in [1.165, 1.54) is 6.07 Å². The fourth-order valence-electron chi connectivity index (χ4n) is 4.86. The lowest BCUT2D eigenvalue weighted by molar-refractivity contribution is 0.0163. The topological polar surface area (TPSA) is 99.5 Å². The summed E-state index contributed by atoms with van der Waals surface area (Å²) in [7, 11) is 0. The van der Waals surface area contributed by atoms with E-state index in [0.717, 1.165) is 11.1 Å². The summed E-state index contributed by atoms with van der Waals surface area (Å²) in [6.07, 6.45) is 3.20. The number of halogens is 1. The quantitative estimate of drug-likeness (QED) is 0.453. The first-order valence-electron chi connectivity index (χ1n) is 12.3. The van der Waals surface area contributed by atoms with Gasteiger partial charge in [0, 0.05) is 37.0 Å². The second-order valence-corrected chi connectivity index (χ2v) is 10.5. The van der Waals surface area contributed by atoms with Crippen LogP contribution in [0.5, 0.6) is 0 Å². The summed E-state index contributed by atoms with van der Waals surface area (Å²) in [5.74, 6) is -0.485. The molecule has 3 aromatic heterocycles. The Morgan fingerprint density at radius 1 is 1.11 bits per heavy atom. The molecule has 1 saturated heterocycles. The smallest absolute Gasteiger partial charge is 0.274 e. The highest BCUT2D eigenvalue weighted by Crippen LogP contribution is 2.28. The van der Waals surface area contributed by atoms with Crippen LogP contribution in [0.1, 0.15) is 65.7 Å². The van der Waals surface area contributed by atoms with E-state index in [2.05, 4.69) is 24.0 Å². The number of rotatable bonds is 4. The van der Waals surface area contributed by atoms with E-state index >= 15 is 0 Å². The molecule has 1 aromatic carbocycles. The number of carbonyl (C=O) groups is 2. The van der Waals surface area contributed by atoms with Gasteiger partial charge in [0.25, 0.3) is 11.8 Å². The van der Waals surface area contributed by atoms with Crippen LogP contribution in [-0.4, -0.2) is 71.6 Å². The van der Waals surface area contributed by atoms with Crippen molar-refractivity contribution in [2.45, 2.75) is 46.1 Å². The molecule has 0 aliphatic carbocycles. The van der Waals surface area contributed by atoms with E-state index < -0.39 is 5.54 Å². The lowest BCUT2D eigenvalue weighted by atomic mass is 9.98. The molecule has 0 unspecified atom stereocenters. The molecule has 0 spiro atoms. The lowest BCUT2D eigenvalue weighted by Gasteiger charge is -2.46. The molecule has 4 heterocycles. The largest absolute Gasteiger partial charge is 0.333 e. The first kappa shape index (κ1) is 24.6. The molecule has 10 heteroatoms. The van der Waals surface area contributed by atoms with Crippen molar-refractivity contribution in [1.29, 1.82) is 0 Å². The van der Waals surface area contributed by atoms with E-state index in [1.807, 2.05) is 19.9 Å². The van der Waals surface area contributed by atoms with Crippen molar-refractivity contribution in [1.82, 2.24) is 34.6 Å². The minimum atomic E-state index is -0.605. The number of carbonyl (C=O) groups excluding carboxylic acids is 2. The number of fused-ring (bicyclic) bond motifs is 1. The summed E-state index contributed by atoms with van der Waals surface area (Å²) in [5, 5.41) is 11.3. The van der Waals surface area contributed by atoms with Crippen LogP contribution < -0.4 is 0 Å². The maximum atomic E-state index is 13.8. The van der Waals surface area contributed by atoms with Gasteiger partial charge in [-0.2, -0.15) is 10.2 Å². The zero-order valence-electron chi connectivity index (χ0n) is 21.6. The van der Waals surface area contributed by atoms with Crippen LogP contribution in [0.25, 0.3) is 16.9 Å². The van der Waals surface area contributed by atoms with Crippen molar-refractivity contribution in [2.75, 3.05) is 19.6 Å². The fraction of sp³-hybridized carbons (Fsp3) is 0.370. The molecule has 37 heavy (non-hydrogen) atoms. The highest BCUT2D eigenvalue weighted by atomic mass is 19.1. The minimum absolute atomic E-state index is 0.129. The number of hydrogen-bond acceptors (Lipinski definition) is 5. The molecule has 1 N–H and O–H groups in total. The second kappa shape index (κ2) is 9.10. The number of nitrogens with zero attached hydrogens (tertiary/aromatic N) is 6. The third kappa shape index (κ3) is 4.47. The zero-order chi connectivity index (χ0) is 26.5. The Labute approximate surface area is 214 Å². The predicted molar refractivity (Wildman–Crippen MR) is 137 cm³/mol. The number of H-pyrrole nitrogens is 1. The Morgan fingerprint density at radius 2 is 1.89 bits per heavy atom. The first-order chi connectivity index (χ1) is 17.5. The van der Waals surface area contributed by atoms with Crippen molar-refractivity contribution in [3.05, 3.63) is 71.1 Å². The van der Waals surface area contributed by atoms with Crippen LogP contribution in [-0.2, 0) is 0 Å². The summed E-state index contributed by atoms with van der Waals surface area (Å²) >= 11 is 0. The summed E-state index contributed by atoms with van der Waals surface area (Å²) < 4.78 is 15.5. The normalized spacial score (nSPS) is 15.5. The third-order valence-corrected chi connectivity index (χ3v) is 6.91. The van der Waals surface area contributed by atoms with Gasteiger partial charge >= 0.3 is 0 Å². The van der Waals surface area contributed by atoms with Gasteiger partial charge in [-0.3, -0.25) is 14.7 Å². The third-order valence-electron chi connectivity index (χ3n) is 6.91. The fourth-order valence-corrected chi connectivity index (χ4v) is 4.86. The number of hydrogen-bond donors (Lipinski definition) is 1. The van der Waals surface area contributed by atoms with Crippen molar-refractivity contribution < 1.29 is 14.0 Å². The Balaban J connectivity index is 1.46. The Kier molecular flexibility index (Phi) is 6.05. The molecular weight excluding hydrogens is 473 g/mol. The number of amides is 2. The van der Waals surface area contributed by atoms with Crippen molar-refractivity contribution >= 4 is 17.5 Å². The van der Waals surface area contributed by atoms with Crippen molar-refractivity contribution in [3.8, 4) is 11.3 Å². The van der Waals surface area contributed by atoms with Crippen molar-refractivity contribution in [3.63, 3.8) is 0 Å². The van der Waals surface area contributed by atoms with Gasteiger partial charge < -0.3 is 9.80 Å². The van der Waals surface area contributed by atoms with Crippen LogP contribution in [0.3, 0.4) is 0 Å². The maximum Gasteiger partial charge on any atom is 0.274 e. The number of imidazole rings is 1. The highest BCUT2D eigenvalue weighted by Gasteiger charge is 2.40. The molecule has 9 nitrogen and oxygen atoms in total. The average Bonchev–Trinajstić information content (AvgIpc) is 3.54. The standard InChI is InChI=1S/C27H30FN7O2/c1-16(2)19-13-22(18-6-7-20(28)17(3)12-18)32-35-14-23(30-24(19)35)26(37)34-11-10-33(15-27(34,4)5)25(36)21-8-9-29-31-21/h6-9,12-14,16H,10-11,15H2,1-5H3,(H,29,31). The van der Waals surface area contributed by atoms with Crippen LogP contribution in [0.2, 0.25) is 0 Å². The molecular formula is C27H30FN7O2. The number of piperazine rings is 1. The number of aromatic amines is 1. The first-order valence-corrected chi connectivity index (χ1v) is 12.3. The van der Waals surface area contributed by atoms with Crippen LogP contribution >= 0.6 is 0 Å². The zero-order valence-corrected chi connectivity index (χ0v) is 21.6. The van der Waals surface area contributed by atoms with E-state index in [0.29, 0.717) is 47.9 Å². The minimum Gasteiger partial charge on any atom is -0.333 e. The van der Waals surface area contributed by atoms with Gasteiger partial charge in [0.1, 0.15) is 17.2 Å². The molecule has 192 valence electrons. The van der Waals surface area contributed by atoms with Gasteiger partial charge in [0.05, 0.1) is 17.4 Å². The summed E-state index contributed by atoms with van der Waals surface area (Å²) in [5.41, 5.74) is 3.70. The second-order valence-electron chi connectivity index (χ2n) is 10.5. The van der Waals surface area contributed by atoms with E-state index in [9.17, 15) is 14.0 Å². The highest BCUT2D eigenvalue weighted by molar-refractivity contribution is 5.95. The van der Waals surface area contributed by atoms with Crippen LogP contribution in [0.4, 0.5) is 4.39 Å².